The summed E-state index contributed by atoms with van der Waals surface area (Å²) in [4.78, 5) is 8.05. The number of aromatic nitrogens is 2. The molecule has 3 rings (SSSR count). The first-order chi connectivity index (χ1) is 10.2. The van der Waals surface area contributed by atoms with Gasteiger partial charge in [0.15, 0.2) is 0 Å². The van der Waals surface area contributed by atoms with E-state index in [-0.39, 0.29) is 0 Å². The van der Waals surface area contributed by atoms with E-state index in [0.29, 0.717) is 5.82 Å². The van der Waals surface area contributed by atoms with Gasteiger partial charge in [0.05, 0.1) is 11.4 Å². The van der Waals surface area contributed by atoms with Gasteiger partial charge in [-0.05, 0) is 30.8 Å². The van der Waals surface area contributed by atoms with Crippen molar-refractivity contribution in [2.75, 3.05) is 0 Å². The summed E-state index contributed by atoms with van der Waals surface area (Å²) in [6.45, 7) is 4.13. The van der Waals surface area contributed by atoms with Crippen LogP contribution in [0.2, 0.25) is 0 Å². The second-order valence-electron chi connectivity index (χ2n) is 5.47. The summed E-state index contributed by atoms with van der Waals surface area (Å²) in [5.74, 6) is 0.331. The molecule has 0 saturated carbocycles. The fraction of sp³-hybridized carbons (Fsp3) is 0.167. The van der Waals surface area contributed by atoms with Crippen LogP contribution in [0.3, 0.4) is 0 Å². The second kappa shape index (κ2) is 6.00. The lowest BCUT2D eigenvalue weighted by atomic mass is 9.58. The molecule has 0 saturated heterocycles. The van der Waals surface area contributed by atoms with Gasteiger partial charge in [-0.2, -0.15) is 0 Å². The average Bonchev–Trinajstić information content (AvgIpc) is 2.85. The van der Waals surface area contributed by atoms with Gasteiger partial charge >= 0.3 is 0 Å². The van der Waals surface area contributed by atoms with Crippen LogP contribution in [0.4, 0.5) is 0 Å². The third-order valence-electron chi connectivity index (χ3n) is 3.98. The Kier molecular flexibility index (Phi) is 3.91. The Morgan fingerprint density at radius 3 is 1.81 bits per heavy atom. The minimum Gasteiger partial charge on any atom is -0.354 e. The maximum atomic E-state index is 4.65. The van der Waals surface area contributed by atoms with E-state index in [2.05, 4.69) is 84.5 Å². The fourth-order valence-corrected chi connectivity index (χ4v) is 2.71. The Morgan fingerprint density at radius 2 is 1.38 bits per heavy atom. The second-order valence-corrected chi connectivity index (χ2v) is 5.47. The molecule has 0 aliphatic carbocycles. The molecule has 0 amide bonds. The van der Waals surface area contributed by atoms with Crippen molar-refractivity contribution in [2.45, 2.75) is 19.7 Å². The highest BCUT2D eigenvalue weighted by Crippen LogP contribution is 2.22. The summed E-state index contributed by atoms with van der Waals surface area (Å²) in [7, 11) is 0.892. The standard InChI is InChI=1S/C18H19BN2/c1-13-14(2)21-18(20-13)19-17(15-9-5-3-6-10-15)16-11-7-4-8-12-16/h3-12,17,19H,1-2H3,(H,20,21). The molecule has 0 spiro atoms. The zero-order valence-corrected chi connectivity index (χ0v) is 12.5. The summed E-state index contributed by atoms with van der Waals surface area (Å²) in [6, 6.07) is 21.3. The quantitative estimate of drug-likeness (QED) is 0.728. The molecule has 1 heterocycles. The van der Waals surface area contributed by atoms with Gasteiger partial charge in [-0.3, -0.25) is 0 Å². The maximum absolute atomic E-state index is 4.65. The van der Waals surface area contributed by atoms with Crippen LogP contribution in [0.1, 0.15) is 28.3 Å². The van der Waals surface area contributed by atoms with Crippen molar-refractivity contribution < 1.29 is 0 Å². The SMILES string of the molecule is Cc1nc(BC(c2ccccc2)c2ccccc2)[nH]c1C. The Hall–Kier alpha value is -2.29. The first-order valence-corrected chi connectivity index (χ1v) is 7.36. The lowest BCUT2D eigenvalue weighted by Crippen LogP contribution is -2.26. The van der Waals surface area contributed by atoms with E-state index in [1.165, 1.54) is 11.1 Å². The number of benzene rings is 2. The molecule has 0 radical (unpaired) electrons. The van der Waals surface area contributed by atoms with Crippen LogP contribution < -0.4 is 5.72 Å². The van der Waals surface area contributed by atoms with Gasteiger partial charge in [-0.15, -0.1) is 0 Å². The van der Waals surface area contributed by atoms with E-state index in [1.54, 1.807) is 0 Å². The topological polar surface area (TPSA) is 28.7 Å². The number of nitrogens with zero attached hydrogens (tertiary/aromatic N) is 1. The van der Waals surface area contributed by atoms with E-state index in [1.807, 2.05) is 0 Å². The Balaban J connectivity index is 1.97. The molecule has 2 nitrogen and oxygen atoms in total. The molecule has 0 unspecified atom stereocenters. The Bertz CT molecular complexity index is 646. The third kappa shape index (κ3) is 3.08. The van der Waals surface area contributed by atoms with Gasteiger partial charge in [0.25, 0.3) is 0 Å². The average molecular weight is 274 g/mol. The summed E-state index contributed by atoms with van der Waals surface area (Å²) in [5.41, 5.74) is 5.96. The molecule has 1 N–H and O–H groups in total. The normalized spacial score (nSPS) is 10.8. The lowest BCUT2D eigenvalue weighted by molar-refractivity contribution is 1.12. The summed E-state index contributed by atoms with van der Waals surface area (Å²) < 4.78 is 0. The molecule has 21 heavy (non-hydrogen) atoms. The van der Waals surface area contributed by atoms with Crippen LogP contribution >= 0.6 is 0 Å². The number of nitrogens with one attached hydrogen (secondary N) is 1. The zero-order valence-electron chi connectivity index (χ0n) is 12.5. The van der Waals surface area contributed by atoms with Crippen LogP contribution in [-0.4, -0.2) is 17.2 Å². The molecular formula is C18H19BN2. The van der Waals surface area contributed by atoms with Crippen LogP contribution in [0.15, 0.2) is 60.7 Å². The molecule has 0 fully saturated rings. The van der Waals surface area contributed by atoms with Crippen molar-refractivity contribution in [3.8, 4) is 0 Å². The predicted octanol–water partition coefficient (Wildman–Crippen LogP) is 2.88. The number of H-pyrrole nitrogens is 1. The highest BCUT2D eigenvalue weighted by Gasteiger charge is 2.18. The fourth-order valence-electron chi connectivity index (χ4n) is 2.71. The number of aryl methyl sites for hydroxylation is 2. The molecule has 1 aromatic heterocycles. The maximum Gasteiger partial charge on any atom is 0.216 e. The first-order valence-electron chi connectivity index (χ1n) is 7.36. The number of imidazole rings is 1. The summed E-state index contributed by atoms with van der Waals surface area (Å²) in [6.07, 6.45) is 0. The van der Waals surface area contributed by atoms with Gasteiger partial charge in [-0.25, -0.2) is 4.98 Å². The van der Waals surface area contributed by atoms with Crippen LogP contribution in [-0.2, 0) is 0 Å². The molecular weight excluding hydrogens is 255 g/mol. The summed E-state index contributed by atoms with van der Waals surface area (Å²) >= 11 is 0. The molecule has 0 aliphatic heterocycles. The van der Waals surface area contributed by atoms with Gasteiger partial charge in [-0.1, -0.05) is 60.7 Å². The monoisotopic (exact) mass is 274 g/mol. The van der Waals surface area contributed by atoms with Crippen molar-refractivity contribution in [2.24, 2.45) is 0 Å². The largest absolute Gasteiger partial charge is 0.354 e. The van der Waals surface area contributed by atoms with Gasteiger partial charge < -0.3 is 4.98 Å². The summed E-state index contributed by atoms with van der Waals surface area (Å²) in [5, 5.41) is 0. The van der Waals surface area contributed by atoms with Crippen molar-refractivity contribution >= 4 is 13.0 Å². The zero-order chi connectivity index (χ0) is 14.7. The van der Waals surface area contributed by atoms with E-state index in [0.717, 1.165) is 24.4 Å². The van der Waals surface area contributed by atoms with E-state index < -0.39 is 0 Å². The molecule has 3 aromatic rings. The minimum absolute atomic E-state index is 0.331. The first kappa shape index (κ1) is 13.7. The molecule has 0 aliphatic rings. The van der Waals surface area contributed by atoms with Crippen molar-refractivity contribution in [3.05, 3.63) is 83.2 Å². The van der Waals surface area contributed by atoms with Gasteiger partial charge in [0.1, 0.15) is 0 Å². The molecule has 0 atom stereocenters. The molecule has 3 heteroatoms. The Morgan fingerprint density at radius 1 is 0.857 bits per heavy atom. The van der Waals surface area contributed by atoms with E-state index >= 15 is 0 Å². The van der Waals surface area contributed by atoms with Gasteiger partial charge in [0.2, 0.25) is 7.28 Å². The van der Waals surface area contributed by atoms with Gasteiger partial charge in [0, 0.05) is 5.69 Å². The highest BCUT2D eigenvalue weighted by atomic mass is 14.9. The number of aromatic amines is 1. The Labute approximate surface area is 126 Å². The van der Waals surface area contributed by atoms with Crippen molar-refractivity contribution in [1.82, 2.24) is 9.97 Å². The van der Waals surface area contributed by atoms with Crippen LogP contribution in [0, 0.1) is 13.8 Å². The van der Waals surface area contributed by atoms with E-state index in [4.69, 9.17) is 0 Å². The number of rotatable bonds is 4. The molecule has 0 bridgehead atoms. The minimum atomic E-state index is 0.331. The lowest BCUT2D eigenvalue weighted by Gasteiger charge is -2.16. The van der Waals surface area contributed by atoms with Crippen molar-refractivity contribution in [1.29, 1.82) is 0 Å². The van der Waals surface area contributed by atoms with E-state index in [9.17, 15) is 0 Å². The number of hydrogen-bond donors (Lipinski definition) is 1. The van der Waals surface area contributed by atoms with Crippen molar-refractivity contribution in [3.63, 3.8) is 0 Å². The van der Waals surface area contributed by atoms with Crippen LogP contribution in [0.25, 0.3) is 0 Å². The smallest absolute Gasteiger partial charge is 0.216 e. The van der Waals surface area contributed by atoms with Crippen LogP contribution in [0.5, 0.6) is 0 Å². The molecule has 104 valence electrons. The predicted molar refractivity (Wildman–Crippen MR) is 89.6 cm³/mol. The molecule has 2 aromatic carbocycles. The highest BCUT2D eigenvalue weighted by molar-refractivity contribution is 6.53. The number of hydrogen-bond acceptors (Lipinski definition) is 1. The third-order valence-corrected chi connectivity index (χ3v) is 3.98.